The Kier molecular flexibility index (Phi) is 4.94. The second-order valence-electron chi connectivity index (χ2n) is 4.78. The van der Waals surface area contributed by atoms with Crippen molar-refractivity contribution in [1.29, 1.82) is 0 Å². The van der Waals surface area contributed by atoms with E-state index in [1.54, 1.807) is 32.2 Å². The SMILES string of the molecule is CC(C(=O)N(C)CCS(C)(=O)=O)c1cccc(N)c1. The Bertz CT molecular complexity index is 555. The highest BCUT2D eigenvalue weighted by Crippen LogP contribution is 2.19. The van der Waals surface area contributed by atoms with Crippen molar-refractivity contribution in [3.63, 3.8) is 0 Å². The van der Waals surface area contributed by atoms with E-state index in [1.807, 2.05) is 6.07 Å². The molecule has 0 heterocycles. The number of nitrogens with zero attached hydrogens (tertiary/aromatic N) is 1. The first-order valence-electron chi connectivity index (χ1n) is 5.99. The number of nitrogen functional groups attached to an aromatic ring is 1. The number of carbonyl (C=O) groups is 1. The van der Waals surface area contributed by atoms with Crippen LogP contribution in [-0.2, 0) is 14.6 Å². The monoisotopic (exact) mass is 284 g/mol. The van der Waals surface area contributed by atoms with Gasteiger partial charge in [-0.1, -0.05) is 12.1 Å². The number of nitrogens with two attached hydrogens (primary N) is 1. The fraction of sp³-hybridized carbons (Fsp3) is 0.462. The van der Waals surface area contributed by atoms with Crippen molar-refractivity contribution in [3.05, 3.63) is 29.8 Å². The Morgan fingerprint density at radius 1 is 1.42 bits per heavy atom. The maximum Gasteiger partial charge on any atom is 0.229 e. The van der Waals surface area contributed by atoms with Crippen molar-refractivity contribution in [2.45, 2.75) is 12.8 Å². The lowest BCUT2D eigenvalue weighted by atomic mass is 9.99. The lowest BCUT2D eigenvalue weighted by Crippen LogP contribution is -2.34. The molecule has 1 rings (SSSR count). The molecule has 0 aromatic heterocycles. The van der Waals surface area contributed by atoms with E-state index in [9.17, 15) is 13.2 Å². The number of likely N-dealkylation sites (N-methyl/N-ethyl adjacent to an activating group) is 1. The predicted octanol–water partition coefficient (Wildman–Crippen LogP) is 0.875. The number of anilines is 1. The first kappa shape index (κ1) is 15.5. The number of hydrogen-bond acceptors (Lipinski definition) is 4. The quantitative estimate of drug-likeness (QED) is 0.814. The summed E-state index contributed by atoms with van der Waals surface area (Å²) in [5.41, 5.74) is 7.12. The lowest BCUT2D eigenvalue weighted by Gasteiger charge is -2.21. The Morgan fingerprint density at radius 3 is 2.58 bits per heavy atom. The van der Waals surface area contributed by atoms with Gasteiger partial charge in [-0.05, 0) is 24.6 Å². The highest BCUT2D eigenvalue weighted by molar-refractivity contribution is 7.90. The minimum atomic E-state index is -3.06. The molecule has 106 valence electrons. The molecule has 0 spiro atoms. The van der Waals surface area contributed by atoms with Crippen LogP contribution in [0.2, 0.25) is 0 Å². The number of benzene rings is 1. The second kappa shape index (κ2) is 6.06. The van der Waals surface area contributed by atoms with Crippen LogP contribution in [0.5, 0.6) is 0 Å². The van der Waals surface area contributed by atoms with Crippen LogP contribution in [0, 0.1) is 0 Å². The third kappa shape index (κ3) is 4.90. The largest absolute Gasteiger partial charge is 0.399 e. The van der Waals surface area contributed by atoms with E-state index in [0.717, 1.165) is 11.8 Å². The molecule has 0 fully saturated rings. The molecule has 0 aliphatic carbocycles. The molecule has 1 aromatic carbocycles. The first-order valence-corrected chi connectivity index (χ1v) is 8.05. The van der Waals surface area contributed by atoms with Gasteiger partial charge in [0, 0.05) is 25.5 Å². The Morgan fingerprint density at radius 2 is 2.05 bits per heavy atom. The van der Waals surface area contributed by atoms with Crippen LogP contribution in [0.15, 0.2) is 24.3 Å². The fourth-order valence-electron chi connectivity index (χ4n) is 1.71. The maximum absolute atomic E-state index is 12.2. The minimum absolute atomic E-state index is 0.0289. The molecule has 19 heavy (non-hydrogen) atoms. The van der Waals surface area contributed by atoms with Crippen molar-refractivity contribution < 1.29 is 13.2 Å². The highest BCUT2D eigenvalue weighted by Gasteiger charge is 2.20. The van der Waals surface area contributed by atoms with Gasteiger partial charge in [-0.25, -0.2) is 8.42 Å². The van der Waals surface area contributed by atoms with Gasteiger partial charge in [0.2, 0.25) is 5.91 Å². The highest BCUT2D eigenvalue weighted by atomic mass is 32.2. The number of rotatable bonds is 5. The summed E-state index contributed by atoms with van der Waals surface area (Å²) in [6.07, 6.45) is 1.16. The van der Waals surface area contributed by atoms with Crippen LogP contribution in [0.3, 0.4) is 0 Å². The van der Waals surface area contributed by atoms with E-state index >= 15 is 0 Å². The number of carbonyl (C=O) groups excluding carboxylic acids is 1. The van der Waals surface area contributed by atoms with Crippen molar-refractivity contribution in [1.82, 2.24) is 4.90 Å². The average molecular weight is 284 g/mol. The van der Waals surface area contributed by atoms with E-state index < -0.39 is 9.84 Å². The molecule has 2 N–H and O–H groups in total. The Labute approximate surface area is 114 Å². The molecule has 1 amide bonds. The van der Waals surface area contributed by atoms with Gasteiger partial charge in [-0.3, -0.25) is 4.79 Å². The van der Waals surface area contributed by atoms with Gasteiger partial charge in [0.15, 0.2) is 0 Å². The molecule has 0 aliphatic rings. The summed E-state index contributed by atoms with van der Waals surface area (Å²) in [7, 11) is -1.46. The zero-order chi connectivity index (χ0) is 14.6. The van der Waals surface area contributed by atoms with Gasteiger partial charge >= 0.3 is 0 Å². The van der Waals surface area contributed by atoms with E-state index in [0.29, 0.717) is 5.69 Å². The molecule has 1 atom stereocenters. The van der Waals surface area contributed by atoms with Crippen molar-refractivity contribution in [2.24, 2.45) is 0 Å². The molecule has 0 radical (unpaired) electrons. The Balaban J connectivity index is 2.71. The van der Waals surface area contributed by atoms with Gasteiger partial charge in [-0.2, -0.15) is 0 Å². The minimum Gasteiger partial charge on any atom is -0.399 e. The van der Waals surface area contributed by atoms with Crippen LogP contribution >= 0.6 is 0 Å². The van der Waals surface area contributed by atoms with E-state index in [1.165, 1.54) is 4.90 Å². The summed E-state index contributed by atoms with van der Waals surface area (Å²) in [4.78, 5) is 13.6. The molecule has 1 aromatic rings. The number of hydrogen-bond donors (Lipinski definition) is 1. The standard InChI is InChI=1S/C13H20N2O3S/c1-10(11-5-4-6-12(14)9-11)13(16)15(2)7-8-19(3,17)18/h4-6,9-10H,7-8,14H2,1-3H3. The van der Waals surface area contributed by atoms with Crippen molar-refractivity contribution in [2.75, 3.05) is 31.3 Å². The van der Waals surface area contributed by atoms with Gasteiger partial charge < -0.3 is 10.6 Å². The molecule has 1 unspecified atom stereocenters. The average Bonchev–Trinajstić information content (AvgIpc) is 2.33. The zero-order valence-corrected chi connectivity index (χ0v) is 12.3. The third-order valence-electron chi connectivity index (χ3n) is 2.95. The zero-order valence-electron chi connectivity index (χ0n) is 11.5. The smallest absolute Gasteiger partial charge is 0.229 e. The number of amides is 1. The van der Waals surface area contributed by atoms with E-state index in [-0.39, 0.29) is 24.1 Å². The summed E-state index contributed by atoms with van der Waals surface area (Å²) < 4.78 is 22.2. The molecule has 0 aliphatic heterocycles. The third-order valence-corrected chi connectivity index (χ3v) is 3.88. The lowest BCUT2D eigenvalue weighted by molar-refractivity contribution is -0.130. The molecule has 0 saturated carbocycles. The summed E-state index contributed by atoms with van der Waals surface area (Å²) in [6.45, 7) is 1.98. The number of sulfone groups is 1. The van der Waals surface area contributed by atoms with Gasteiger partial charge in [-0.15, -0.1) is 0 Å². The normalized spacial score (nSPS) is 13.0. The molecule has 5 nitrogen and oxygen atoms in total. The van der Waals surface area contributed by atoms with Gasteiger partial charge in [0.05, 0.1) is 11.7 Å². The molecule has 6 heteroatoms. The molecular formula is C13H20N2O3S. The summed E-state index contributed by atoms with van der Waals surface area (Å²) in [5, 5.41) is 0. The first-order chi connectivity index (χ1) is 8.70. The molecule has 0 saturated heterocycles. The van der Waals surface area contributed by atoms with Gasteiger partial charge in [0.1, 0.15) is 9.84 Å². The Hall–Kier alpha value is -1.56. The fourth-order valence-corrected chi connectivity index (χ4v) is 2.32. The van der Waals surface area contributed by atoms with Gasteiger partial charge in [0.25, 0.3) is 0 Å². The van der Waals surface area contributed by atoms with Crippen molar-refractivity contribution >= 4 is 21.4 Å². The van der Waals surface area contributed by atoms with Crippen LogP contribution in [0.4, 0.5) is 5.69 Å². The van der Waals surface area contributed by atoms with Crippen LogP contribution in [0.25, 0.3) is 0 Å². The maximum atomic E-state index is 12.2. The van der Waals surface area contributed by atoms with Crippen LogP contribution < -0.4 is 5.73 Å². The molecule has 0 bridgehead atoms. The summed E-state index contributed by atoms with van der Waals surface area (Å²) in [5.74, 6) is -0.485. The van der Waals surface area contributed by atoms with E-state index in [2.05, 4.69) is 0 Å². The van der Waals surface area contributed by atoms with Crippen molar-refractivity contribution in [3.8, 4) is 0 Å². The second-order valence-corrected chi connectivity index (χ2v) is 7.04. The summed E-state index contributed by atoms with van der Waals surface area (Å²) in [6, 6.07) is 7.15. The van der Waals surface area contributed by atoms with Crippen LogP contribution in [0.1, 0.15) is 18.4 Å². The predicted molar refractivity (Wildman–Crippen MR) is 76.6 cm³/mol. The van der Waals surface area contributed by atoms with Crippen LogP contribution in [-0.4, -0.2) is 44.8 Å². The summed E-state index contributed by atoms with van der Waals surface area (Å²) >= 11 is 0. The topological polar surface area (TPSA) is 80.5 Å². The van der Waals surface area contributed by atoms with E-state index in [4.69, 9.17) is 5.73 Å². The molecular weight excluding hydrogens is 264 g/mol.